The van der Waals surface area contributed by atoms with E-state index in [4.69, 9.17) is 0 Å². The van der Waals surface area contributed by atoms with E-state index in [9.17, 15) is 35.1 Å². The van der Waals surface area contributed by atoms with E-state index >= 15 is 0 Å². The zero-order chi connectivity index (χ0) is 16.8. The van der Waals surface area contributed by atoms with Crippen LogP contribution < -0.4 is 4.74 Å². The average Bonchev–Trinajstić information content (AvgIpc) is 2.49. The Kier molecular flexibility index (Phi) is 5.29. The molecule has 0 unspecified atom stereocenters. The van der Waals surface area contributed by atoms with Gasteiger partial charge < -0.3 is 4.74 Å². The summed E-state index contributed by atoms with van der Waals surface area (Å²) in [7, 11) is 0.706. The number of hydrogen-bond donors (Lipinski definition) is 0. The minimum absolute atomic E-state index is 0. The summed E-state index contributed by atoms with van der Waals surface area (Å²) in [5.41, 5.74) is -3.25. The van der Waals surface area contributed by atoms with E-state index in [0.717, 1.165) is 0 Å². The highest BCUT2D eigenvalue weighted by molar-refractivity contribution is 5.75. The van der Waals surface area contributed by atoms with Crippen LogP contribution >= 0.6 is 0 Å². The smallest absolute Gasteiger partial charge is 0.204 e. The molecule has 0 heterocycles. The summed E-state index contributed by atoms with van der Waals surface area (Å²) in [5.74, 6) is -18.7. The quantitative estimate of drug-likeness (QED) is 0.347. The summed E-state index contributed by atoms with van der Waals surface area (Å²) in [6, 6.07) is -0.124. The topological polar surface area (TPSA) is 9.23 Å². The van der Waals surface area contributed by atoms with Crippen molar-refractivity contribution in [3.63, 3.8) is 0 Å². The monoisotopic (exact) mass is 339 g/mol. The van der Waals surface area contributed by atoms with Gasteiger partial charge in [0.1, 0.15) is 0 Å². The number of hydrogen-bond acceptors (Lipinski definition) is 1. The van der Waals surface area contributed by atoms with Gasteiger partial charge in [-0.2, -0.15) is 8.78 Å². The van der Waals surface area contributed by atoms with Crippen LogP contribution in [0.1, 0.15) is 0 Å². The number of halogens is 8. The van der Waals surface area contributed by atoms with Gasteiger partial charge in [-0.3, -0.25) is 0 Å². The predicted octanol–water partition coefficient (Wildman–Crippen LogP) is 4.09. The third kappa shape index (κ3) is 2.73. The first kappa shape index (κ1) is 18.8. The summed E-state index contributed by atoms with van der Waals surface area (Å²) in [5, 5.41) is 0. The van der Waals surface area contributed by atoms with E-state index in [0.29, 0.717) is 7.11 Å². The van der Waals surface area contributed by atoms with Crippen molar-refractivity contribution in [3.05, 3.63) is 52.6 Å². The molecule has 0 N–H and O–H groups in total. The fraction of sp³-hybridized carbons (Fsp3) is 0.0769. The van der Waals surface area contributed by atoms with Crippen molar-refractivity contribution in [2.75, 3.05) is 7.11 Å². The van der Waals surface area contributed by atoms with Crippen LogP contribution in [0.15, 0.2) is 6.07 Å². The second-order valence-electron chi connectivity index (χ2n) is 4.01. The maximum atomic E-state index is 13.8. The van der Waals surface area contributed by atoms with E-state index in [1.165, 1.54) is 0 Å². The molecule has 0 aliphatic carbocycles. The van der Waals surface area contributed by atoms with E-state index in [1.807, 2.05) is 0 Å². The van der Waals surface area contributed by atoms with Gasteiger partial charge in [-0.25, -0.2) is 26.3 Å². The molecule has 3 radical (unpaired) electrons. The minimum atomic E-state index is -2.38. The summed E-state index contributed by atoms with van der Waals surface area (Å²) in [4.78, 5) is 0. The maximum absolute atomic E-state index is 13.8. The van der Waals surface area contributed by atoms with Crippen LogP contribution in [0.4, 0.5) is 35.1 Å². The number of rotatable bonds is 2. The van der Waals surface area contributed by atoms with Crippen LogP contribution in [0.25, 0.3) is 11.1 Å². The normalized spacial score (nSPS) is 10.5. The Morgan fingerprint density at radius 3 is 1.57 bits per heavy atom. The van der Waals surface area contributed by atoms with Gasteiger partial charge in [0, 0.05) is 14.0 Å². The van der Waals surface area contributed by atoms with E-state index in [-0.39, 0.29) is 14.5 Å². The van der Waals surface area contributed by atoms with Gasteiger partial charge in [0.15, 0.2) is 40.7 Å². The molecule has 10 heteroatoms. The van der Waals surface area contributed by atoms with Crippen LogP contribution in [0.2, 0.25) is 0 Å². The molecule has 0 fully saturated rings. The molecule has 0 aliphatic rings. The molecule has 0 aliphatic heterocycles. The molecule has 0 saturated heterocycles. The fourth-order valence-electron chi connectivity index (χ4n) is 1.78. The Hall–Kier alpha value is -2.26. The standard InChI is InChI=1S/C13H4F8O.B/c1-22-13-11(20)8(17)5(9(18)12(13)21)3-2-4(14)7(16)10(19)6(3)15;/h2H,1H3;. The van der Waals surface area contributed by atoms with Crippen LogP contribution in [-0.4, -0.2) is 15.5 Å². The Bertz CT molecular complexity index is 749. The van der Waals surface area contributed by atoms with Gasteiger partial charge in [-0.1, -0.05) is 0 Å². The summed E-state index contributed by atoms with van der Waals surface area (Å²) >= 11 is 0. The maximum Gasteiger partial charge on any atom is 0.204 e. The third-order valence-electron chi connectivity index (χ3n) is 2.80. The van der Waals surface area contributed by atoms with Crippen molar-refractivity contribution >= 4 is 8.41 Å². The first-order chi connectivity index (χ1) is 10.2. The first-order valence-electron chi connectivity index (χ1n) is 5.45. The predicted molar refractivity (Wildman–Crippen MR) is 63.8 cm³/mol. The van der Waals surface area contributed by atoms with E-state index < -0.39 is 63.4 Å². The lowest BCUT2D eigenvalue weighted by Gasteiger charge is -2.12. The van der Waals surface area contributed by atoms with Crippen LogP contribution in [0, 0.1) is 46.5 Å². The SMILES string of the molecule is COc1c(F)c(F)c(-c2cc(F)c(F)c(F)c2F)c(F)c1F.[B]. The summed E-state index contributed by atoms with van der Waals surface area (Å²) in [6.07, 6.45) is 0. The van der Waals surface area contributed by atoms with Crippen molar-refractivity contribution in [3.8, 4) is 16.9 Å². The molecule has 23 heavy (non-hydrogen) atoms. The van der Waals surface area contributed by atoms with E-state index in [2.05, 4.69) is 4.74 Å². The molecule has 2 rings (SSSR count). The molecule has 0 aromatic heterocycles. The lowest BCUT2D eigenvalue weighted by Crippen LogP contribution is -2.06. The van der Waals surface area contributed by atoms with E-state index in [1.54, 1.807) is 0 Å². The van der Waals surface area contributed by atoms with Gasteiger partial charge in [0.25, 0.3) is 0 Å². The Balaban J connectivity index is 0.00000264. The molecule has 1 nitrogen and oxygen atoms in total. The van der Waals surface area contributed by atoms with Crippen molar-refractivity contribution in [2.24, 2.45) is 0 Å². The number of benzene rings is 2. The molecule has 0 spiro atoms. The minimum Gasteiger partial charge on any atom is -0.491 e. The molecule has 2 aromatic rings. The molecule has 121 valence electrons. The molecule has 0 amide bonds. The van der Waals surface area contributed by atoms with Crippen LogP contribution in [0.5, 0.6) is 5.75 Å². The fourth-order valence-corrected chi connectivity index (χ4v) is 1.78. The molecule has 0 saturated carbocycles. The van der Waals surface area contributed by atoms with Gasteiger partial charge >= 0.3 is 0 Å². The second-order valence-corrected chi connectivity index (χ2v) is 4.01. The average molecular weight is 339 g/mol. The number of ether oxygens (including phenoxy) is 1. The third-order valence-corrected chi connectivity index (χ3v) is 2.80. The van der Waals surface area contributed by atoms with Crippen LogP contribution in [-0.2, 0) is 0 Å². The van der Waals surface area contributed by atoms with Gasteiger partial charge in [0.2, 0.25) is 11.6 Å². The Labute approximate surface area is 126 Å². The first-order valence-corrected chi connectivity index (χ1v) is 5.45. The Morgan fingerprint density at radius 2 is 1.13 bits per heavy atom. The highest BCUT2D eigenvalue weighted by atomic mass is 19.2. The molecule has 2 aromatic carbocycles. The summed E-state index contributed by atoms with van der Waals surface area (Å²) in [6.45, 7) is 0. The lowest BCUT2D eigenvalue weighted by atomic mass is 10.0. The van der Waals surface area contributed by atoms with Crippen molar-refractivity contribution < 1.29 is 39.9 Å². The van der Waals surface area contributed by atoms with Crippen molar-refractivity contribution in [1.29, 1.82) is 0 Å². The molecular formula is C13H4BF8O. The van der Waals surface area contributed by atoms with Gasteiger partial charge in [-0.05, 0) is 6.07 Å². The molecular weight excluding hydrogens is 335 g/mol. The molecule has 0 atom stereocenters. The van der Waals surface area contributed by atoms with Crippen molar-refractivity contribution in [1.82, 2.24) is 0 Å². The highest BCUT2D eigenvalue weighted by Gasteiger charge is 2.31. The zero-order valence-electron chi connectivity index (χ0n) is 11.1. The van der Waals surface area contributed by atoms with Crippen LogP contribution in [0.3, 0.4) is 0 Å². The summed E-state index contributed by atoms with van der Waals surface area (Å²) < 4.78 is 111. The van der Waals surface area contributed by atoms with Gasteiger partial charge in [0.05, 0.1) is 12.7 Å². The highest BCUT2D eigenvalue weighted by Crippen LogP contribution is 2.37. The van der Waals surface area contributed by atoms with Crippen molar-refractivity contribution in [2.45, 2.75) is 0 Å². The lowest BCUT2D eigenvalue weighted by molar-refractivity contribution is 0.333. The largest absolute Gasteiger partial charge is 0.491 e. The number of methoxy groups -OCH3 is 1. The zero-order valence-corrected chi connectivity index (χ0v) is 11.1. The molecule has 0 bridgehead atoms. The second kappa shape index (κ2) is 6.47. The Morgan fingerprint density at radius 1 is 0.652 bits per heavy atom. The van der Waals surface area contributed by atoms with Gasteiger partial charge in [-0.15, -0.1) is 0 Å².